The van der Waals surface area contributed by atoms with Crippen LogP contribution in [0.5, 0.6) is 0 Å². The lowest BCUT2D eigenvalue weighted by Gasteiger charge is -2.34. The maximum Gasteiger partial charge on any atom is 0.0197 e. The van der Waals surface area contributed by atoms with Crippen LogP contribution in [0.4, 0.5) is 0 Å². The van der Waals surface area contributed by atoms with E-state index in [0.29, 0.717) is 6.04 Å². The SMILES string of the molecule is CC(C)CC(CC(C)C)NC1CCCN(C)C1. The van der Waals surface area contributed by atoms with Gasteiger partial charge in [-0.1, -0.05) is 27.7 Å². The molecular weight excluding hydrogens is 208 g/mol. The molecule has 0 aromatic rings. The van der Waals surface area contributed by atoms with Crippen molar-refractivity contribution in [3.8, 4) is 0 Å². The minimum atomic E-state index is 0.714. The molecule has 1 N–H and O–H groups in total. The molecule has 1 atom stereocenters. The lowest BCUT2D eigenvalue weighted by molar-refractivity contribution is 0.203. The summed E-state index contributed by atoms with van der Waals surface area (Å²) in [6, 6.07) is 1.43. The fraction of sp³-hybridized carbons (Fsp3) is 1.00. The van der Waals surface area contributed by atoms with E-state index in [-0.39, 0.29) is 0 Å². The Labute approximate surface area is 108 Å². The highest BCUT2D eigenvalue weighted by molar-refractivity contribution is 4.81. The highest BCUT2D eigenvalue weighted by Gasteiger charge is 2.21. The standard InChI is InChI=1S/C15H32N2/c1-12(2)9-15(10-13(3)4)16-14-7-6-8-17(5)11-14/h12-16H,6-11H2,1-5H3. The van der Waals surface area contributed by atoms with E-state index in [1.165, 1.54) is 38.8 Å². The number of hydrogen-bond donors (Lipinski definition) is 1. The monoisotopic (exact) mass is 240 g/mol. The van der Waals surface area contributed by atoms with E-state index >= 15 is 0 Å². The van der Waals surface area contributed by atoms with Gasteiger partial charge in [-0.3, -0.25) is 0 Å². The molecule has 1 rings (SSSR count). The van der Waals surface area contributed by atoms with Gasteiger partial charge in [0, 0.05) is 18.6 Å². The van der Waals surface area contributed by atoms with E-state index in [4.69, 9.17) is 0 Å². The van der Waals surface area contributed by atoms with E-state index < -0.39 is 0 Å². The van der Waals surface area contributed by atoms with Gasteiger partial charge in [0.25, 0.3) is 0 Å². The van der Waals surface area contributed by atoms with Crippen LogP contribution in [0.1, 0.15) is 53.4 Å². The van der Waals surface area contributed by atoms with Crippen LogP contribution in [0.2, 0.25) is 0 Å². The summed E-state index contributed by atoms with van der Waals surface area (Å²) in [5, 5.41) is 3.91. The Balaban J connectivity index is 2.40. The van der Waals surface area contributed by atoms with Crippen LogP contribution in [-0.2, 0) is 0 Å². The van der Waals surface area contributed by atoms with E-state index in [1.807, 2.05) is 0 Å². The third-order valence-corrected chi connectivity index (χ3v) is 3.61. The van der Waals surface area contributed by atoms with Crippen molar-refractivity contribution in [2.45, 2.75) is 65.5 Å². The second-order valence-corrected chi connectivity index (χ2v) is 6.72. The third kappa shape index (κ3) is 6.42. The molecule has 0 aliphatic carbocycles. The van der Waals surface area contributed by atoms with Crippen LogP contribution in [0.15, 0.2) is 0 Å². The molecule has 1 heterocycles. The Morgan fingerprint density at radius 3 is 2.18 bits per heavy atom. The quantitative estimate of drug-likeness (QED) is 0.767. The van der Waals surface area contributed by atoms with Crippen molar-refractivity contribution in [2.75, 3.05) is 20.1 Å². The van der Waals surface area contributed by atoms with E-state index in [0.717, 1.165) is 17.9 Å². The molecule has 1 aliphatic rings. The van der Waals surface area contributed by atoms with Crippen molar-refractivity contribution >= 4 is 0 Å². The van der Waals surface area contributed by atoms with Crippen molar-refractivity contribution < 1.29 is 0 Å². The number of nitrogens with one attached hydrogen (secondary N) is 1. The summed E-state index contributed by atoms with van der Waals surface area (Å²) in [5.41, 5.74) is 0. The number of likely N-dealkylation sites (N-methyl/N-ethyl adjacent to an activating group) is 1. The Morgan fingerprint density at radius 1 is 1.12 bits per heavy atom. The number of piperidine rings is 1. The fourth-order valence-electron chi connectivity index (χ4n) is 3.01. The molecule has 0 spiro atoms. The fourth-order valence-corrected chi connectivity index (χ4v) is 3.01. The number of likely N-dealkylation sites (tertiary alicyclic amines) is 1. The van der Waals surface area contributed by atoms with Gasteiger partial charge in [-0.2, -0.15) is 0 Å². The lowest BCUT2D eigenvalue weighted by Crippen LogP contribution is -2.48. The molecule has 17 heavy (non-hydrogen) atoms. The van der Waals surface area contributed by atoms with Gasteiger partial charge in [0.2, 0.25) is 0 Å². The molecule has 0 aromatic heterocycles. The number of rotatable bonds is 6. The first kappa shape index (κ1) is 15.0. The minimum absolute atomic E-state index is 0.714. The van der Waals surface area contributed by atoms with Crippen LogP contribution < -0.4 is 5.32 Å². The van der Waals surface area contributed by atoms with Crippen LogP contribution in [-0.4, -0.2) is 37.1 Å². The first-order valence-corrected chi connectivity index (χ1v) is 7.42. The molecule has 2 nitrogen and oxygen atoms in total. The Hall–Kier alpha value is -0.0800. The van der Waals surface area contributed by atoms with Gasteiger partial charge >= 0.3 is 0 Å². The van der Waals surface area contributed by atoms with Gasteiger partial charge in [-0.15, -0.1) is 0 Å². The Bertz CT molecular complexity index is 191. The molecule has 1 unspecified atom stereocenters. The summed E-state index contributed by atoms with van der Waals surface area (Å²) in [7, 11) is 2.24. The zero-order valence-electron chi connectivity index (χ0n) is 12.5. The third-order valence-electron chi connectivity index (χ3n) is 3.61. The van der Waals surface area contributed by atoms with Gasteiger partial charge in [0.05, 0.1) is 0 Å². The molecule has 102 valence electrons. The largest absolute Gasteiger partial charge is 0.310 e. The zero-order valence-corrected chi connectivity index (χ0v) is 12.5. The van der Waals surface area contributed by atoms with E-state index in [2.05, 4.69) is 45.0 Å². The molecule has 2 heteroatoms. The van der Waals surface area contributed by atoms with Crippen molar-refractivity contribution in [3.05, 3.63) is 0 Å². The van der Waals surface area contributed by atoms with Gasteiger partial charge in [0.1, 0.15) is 0 Å². The Morgan fingerprint density at radius 2 is 1.71 bits per heavy atom. The molecular formula is C15H32N2. The van der Waals surface area contributed by atoms with Gasteiger partial charge < -0.3 is 10.2 Å². The van der Waals surface area contributed by atoms with Crippen molar-refractivity contribution in [1.29, 1.82) is 0 Å². The van der Waals surface area contributed by atoms with Crippen LogP contribution in [0, 0.1) is 11.8 Å². The van der Waals surface area contributed by atoms with Crippen LogP contribution >= 0.6 is 0 Å². The topological polar surface area (TPSA) is 15.3 Å². The number of hydrogen-bond acceptors (Lipinski definition) is 2. The minimum Gasteiger partial charge on any atom is -0.310 e. The summed E-state index contributed by atoms with van der Waals surface area (Å²) >= 11 is 0. The molecule has 0 bridgehead atoms. The summed E-state index contributed by atoms with van der Waals surface area (Å²) < 4.78 is 0. The maximum absolute atomic E-state index is 3.91. The molecule has 0 saturated carbocycles. The second-order valence-electron chi connectivity index (χ2n) is 6.72. The normalized spacial score (nSPS) is 22.9. The van der Waals surface area contributed by atoms with E-state index in [1.54, 1.807) is 0 Å². The molecule has 0 aromatic carbocycles. The molecule has 0 amide bonds. The number of nitrogens with zero attached hydrogens (tertiary/aromatic N) is 1. The highest BCUT2D eigenvalue weighted by atomic mass is 15.1. The van der Waals surface area contributed by atoms with Crippen molar-refractivity contribution in [3.63, 3.8) is 0 Å². The van der Waals surface area contributed by atoms with Gasteiger partial charge in [-0.25, -0.2) is 0 Å². The predicted molar refractivity (Wildman–Crippen MR) is 76.4 cm³/mol. The smallest absolute Gasteiger partial charge is 0.0197 e. The second kappa shape index (κ2) is 7.38. The van der Waals surface area contributed by atoms with Crippen LogP contribution in [0.25, 0.3) is 0 Å². The first-order valence-electron chi connectivity index (χ1n) is 7.42. The summed E-state index contributed by atoms with van der Waals surface area (Å²) in [6.07, 6.45) is 5.35. The summed E-state index contributed by atoms with van der Waals surface area (Å²) in [5.74, 6) is 1.60. The molecule has 0 radical (unpaired) electrons. The van der Waals surface area contributed by atoms with Gasteiger partial charge in [-0.05, 0) is 51.1 Å². The predicted octanol–water partition coefficient (Wildman–Crippen LogP) is 3.13. The van der Waals surface area contributed by atoms with E-state index in [9.17, 15) is 0 Å². The first-order chi connectivity index (χ1) is 7.97. The maximum atomic E-state index is 3.91. The molecule has 1 fully saturated rings. The summed E-state index contributed by atoms with van der Waals surface area (Å²) in [4.78, 5) is 2.46. The van der Waals surface area contributed by atoms with Crippen molar-refractivity contribution in [2.24, 2.45) is 11.8 Å². The summed E-state index contributed by atoms with van der Waals surface area (Å²) in [6.45, 7) is 11.8. The molecule has 1 aliphatic heterocycles. The highest BCUT2D eigenvalue weighted by Crippen LogP contribution is 2.16. The van der Waals surface area contributed by atoms with Gasteiger partial charge in [0.15, 0.2) is 0 Å². The van der Waals surface area contributed by atoms with Crippen molar-refractivity contribution in [1.82, 2.24) is 10.2 Å². The average molecular weight is 240 g/mol. The lowest BCUT2D eigenvalue weighted by atomic mass is 9.94. The zero-order chi connectivity index (χ0) is 12.8. The average Bonchev–Trinajstić information content (AvgIpc) is 2.14. The Kier molecular flexibility index (Phi) is 6.50. The van der Waals surface area contributed by atoms with Crippen LogP contribution in [0.3, 0.4) is 0 Å². The molecule has 1 saturated heterocycles.